The number of carbonyl (C=O) groups excluding carboxylic acids is 1. The van der Waals surface area contributed by atoms with Crippen molar-refractivity contribution in [3.05, 3.63) is 82.9 Å². The van der Waals surface area contributed by atoms with E-state index in [1.165, 1.54) is 18.2 Å². The molecule has 3 aromatic rings. The van der Waals surface area contributed by atoms with Gasteiger partial charge in [0.05, 0.1) is 12.1 Å². The van der Waals surface area contributed by atoms with Gasteiger partial charge in [-0.05, 0) is 61.5 Å². The van der Waals surface area contributed by atoms with Gasteiger partial charge in [-0.3, -0.25) is 9.52 Å². The Kier molecular flexibility index (Phi) is 6.10. The summed E-state index contributed by atoms with van der Waals surface area (Å²) in [6, 6.07) is 17.8. The summed E-state index contributed by atoms with van der Waals surface area (Å²) < 4.78 is 33.1. The lowest BCUT2D eigenvalue weighted by Gasteiger charge is -2.12. The Balaban J connectivity index is 1.84. The van der Waals surface area contributed by atoms with Gasteiger partial charge >= 0.3 is 0 Å². The average molecular weight is 431 g/mol. The predicted octanol–water partition coefficient (Wildman–Crippen LogP) is 4.71. The van der Waals surface area contributed by atoms with Crippen molar-refractivity contribution in [3.8, 4) is 5.75 Å². The smallest absolute Gasteiger partial charge is 0.263 e. The molecular formula is C21H19ClN2O4S. The number of hydrogen-bond acceptors (Lipinski definition) is 4. The molecule has 8 heteroatoms. The molecule has 0 fully saturated rings. The molecule has 29 heavy (non-hydrogen) atoms. The van der Waals surface area contributed by atoms with Crippen LogP contribution in [0.15, 0.2) is 71.6 Å². The van der Waals surface area contributed by atoms with E-state index in [1.54, 1.807) is 55.6 Å². The van der Waals surface area contributed by atoms with Crippen LogP contribution in [-0.4, -0.2) is 21.4 Å². The van der Waals surface area contributed by atoms with E-state index in [0.29, 0.717) is 17.1 Å². The number of methoxy groups -OCH3 is 1. The molecule has 0 spiro atoms. The van der Waals surface area contributed by atoms with Crippen LogP contribution in [0, 0.1) is 6.92 Å². The highest BCUT2D eigenvalue weighted by atomic mass is 35.5. The Hall–Kier alpha value is -3.03. The van der Waals surface area contributed by atoms with Gasteiger partial charge in [-0.2, -0.15) is 0 Å². The molecule has 0 aliphatic heterocycles. The number of rotatable bonds is 6. The third-order valence-corrected chi connectivity index (χ3v) is 6.00. The van der Waals surface area contributed by atoms with E-state index >= 15 is 0 Å². The van der Waals surface area contributed by atoms with Crippen molar-refractivity contribution in [3.63, 3.8) is 0 Å². The van der Waals surface area contributed by atoms with E-state index in [-0.39, 0.29) is 15.5 Å². The highest BCUT2D eigenvalue weighted by molar-refractivity contribution is 7.92. The molecule has 6 nitrogen and oxygen atoms in total. The van der Waals surface area contributed by atoms with Crippen molar-refractivity contribution in [1.82, 2.24) is 0 Å². The molecule has 0 aromatic heterocycles. The number of aryl methyl sites for hydroxylation is 1. The zero-order valence-corrected chi connectivity index (χ0v) is 17.3. The van der Waals surface area contributed by atoms with Gasteiger partial charge in [-0.1, -0.05) is 29.3 Å². The number of hydrogen-bond donors (Lipinski definition) is 2. The fourth-order valence-electron chi connectivity index (χ4n) is 2.56. The maximum atomic E-state index is 12.8. The molecule has 0 unspecified atom stereocenters. The van der Waals surface area contributed by atoms with Crippen molar-refractivity contribution in [1.29, 1.82) is 0 Å². The maximum Gasteiger partial charge on any atom is 0.263 e. The highest BCUT2D eigenvalue weighted by Gasteiger charge is 2.20. The number of amides is 1. The normalized spacial score (nSPS) is 11.0. The van der Waals surface area contributed by atoms with Gasteiger partial charge in [-0.15, -0.1) is 0 Å². The summed E-state index contributed by atoms with van der Waals surface area (Å²) >= 11 is 6.11. The van der Waals surface area contributed by atoms with Crippen LogP contribution in [0.5, 0.6) is 5.75 Å². The Labute approximate surface area is 174 Å². The topological polar surface area (TPSA) is 84.5 Å². The molecule has 0 bridgehead atoms. The minimum atomic E-state index is -3.97. The summed E-state index contributed by atoms with van der Waals surface area (Å²) in [7, 11) is -2.42. The first kappa shape index (κ1) is 20.7. The molecule has 0 aliphatic rings. The molecule has 2 N–H and O–H groups in total. The van der Waals surface area contributed by atoms with Crippen LogP contribution >= 0.6 is 11.6 Å². The predicted molar refractivity (Wildman–Crippen MR) is 114 cm³/mol. The van der Waals surface area contributed by atoms with Gasteiger partial charge in [-0.25, -0.2) is 8.42 Å². The minimum Gasteiger partial charge on any atom is -0.497 e. The van der Waals surface area contributed by atoms with E-state index in [0.717, 1.165) is 5.56 Å². The Morgan fingerprint density at radius 3 is 2.17 bits per heavy atom. The van der Waals surface area contributed by atoms with Gasteiger partial charge in [0.25, 0.3) is 15.9 Å². The Bertz CT molecular complexity index is 1130. The molecule has 1 amide bonds. The fraction of sp³-hybridized carbons (Fsp3) is 0.0952. The zero-order valence-electron chi connectivity index (χ0n) is 15.8. The van der Waals surface area contributed by atoms with Gasteiger partial charge in [0, 0.05) is 16.9 Å². The second kappa shape index (κ2) is 8.55. The van der Waals surface area contributed by atoms with Crippen LogP contribution in [0.4, 0.5) is 11.4 Å². The number of carbonyl (C=O) groups is 1. The maximum absolute atomic E-state index is 12.8. The van der Waals surface area contributed by atoms with Crippen LogP contribution < -0.4 is 14.8 Å². The first-order valence-corrected chi connectivity index (χ1v) is 10.5. The lowest BCUT2D eigenvalue weighted by Crippen LogP contribution is -2.16. The molecular weight excluding hydrogens is 412 g/mol. The Morgan fingerprint density at radius 1 is 0.931 bits per heavy atom. The van der Waals surface area contributed by atoms with Crippen molar-refractivity contribution >= 4 is 38.9 Å². The number of halogens is 1. The third-order valence-electron chi connectivity index (χ3n) is 4.13. The summed E-state index contributed by atoms with van der Waals surface area (Å²) in [5.41, 5.74) is 2.12. The molecule has 3 aromatic carbocycles. The number of anilines is 2. The molecule has 3 rings (SSSR count). The molecule has 0 aliphatic carbocycles. The van der Waals surface area contributed by atoms with Gasteiger partial charge in [0.15, 0.2) is 0 Å². The lowest BCUT2D eigenvalue weighted by molar-refractivity contribution is 0.102. The summed E-state index contributed by atoms with van der Waals surface area (Å²) in [5.74, 6) is 0.198. The summed E-state index contributed by atoms with van der Waals surface area (Å²) in [4.78, 5) is 12.4. The van der Waals surface area contributed by atoms with Crippen LogP contribution in [-0.2, 0) is 10.0 Å². The summed E-state index contributed by atoms with van der Waals surface area (Å²) in [6.45, 7) is 1.90. The van der Waals surface area contributed by atoms with Crippen molar-refractivity contribution in [2.45, 2.75) is 11.8 Å². The van der Waals surface area contributed by atoms with Crippen molar-refractivity contribution in [2.75, 3.05) is 17.1 Å². The zero-order chi connectivity index (χ0) is 21.0. The number of benzene rings is 3. The minimum absolute atomic E-state index is 0.0191. The molecule has 150 valence electrons. The Morgan fingerprint density at radius 2 is 1.55 bits per heavy atom. The van der Waals surface area contributed by atoms with Gasteiger partial charge < -0.3 is 10.1 Å². The van der Waals surface area contributed by atoms with E-state index in [4.69, 9.17) is 16.3 Å². The average Bonchev–Trinajstić information content (AvgIpc) is 2.70. The van der Waals surface area contributed by atoms with Gasteiger partial charge in [0.1, 0.15) is 10.6 Å². The third kappa shape index (κ3) is 5.07. The first-order valence-electron chi connectivity index (χ1n) is 8.63. The van der Waals surface area contributed by atoms with E-state index < -0.39 is 15.9 Å². The monoisotopic (exact) mass is 430 g/mol. The van der Waals surface area contributed by atoms with Crippen LogP contribution in [0.3, 0.4) is 0 Å². The second-order valence-electron chi connectivity index (χ2n) is 6.30. The van der Waals surface area contributed by atoms with Gasteiger partial charge in [0.2, 0.25) is 0 Å². The quantitative estimate of drug-likeness (QED) is 0.593. The molecule has 0 radical (unpaired) electrons. The van der Waals surface area contributed by atoms with Crippen LogP contribution in [0.1, 0.15) is 15.9 Å². The largest absolute Gasteiger partial charge is 0.497 e. The highest BCUT2D eigenvalue weighted by Crippen LogP contribution is 2.26. The molecule has 0 heterocycles. The number of nitrogens with one attached hydrogen (secondary N) is 2. The lowest BCUT2D eigenvalue weighted by atomic mass is 10.2. The number of sulfonamides is 1. The fourth-order valence-corrected chi connectivity index (χ4v) is 4.15. The second-order valence-corrected chi connectivity index (χ2v) is 8.36. The number of ether oxygens (including phenoxy) is 1. The molecule has 0 saturated heterocycles. The summed E-state index contributed by atoms with van der Waals surface area (Å²) in [6.07, 6.45) is 0. The standard InChI is InChI=1S/C21H19ClN2O4S/c1-14-3-6-17(7-4-14)24-29(26,27)20-13-15(5-12-19(20)22)21(25)23-16-8-10-18(28-2)11-9-16/h3-13,24H,1-2H3,(H,23,25). The van der Waals surface area contributed by atoms with Crippen LogP contribution in [0.25, 0.3) is 0 Å². The summed E-state index contributed by atoms with van der Waals surface area (Å²) in [5, 5.41) is 2.73. The van der Waals surface area contributed by atoms with E-state index in [2.05, 4.69) is 10.0 Å². The van der Waals surface area contributed by atoms with E-state index in [1.807, 2.05) is 6.92 Å². The molecule has 0 atom stereocenters. The first-order chi connectivity index (χ1) is 13.8. The SMILES string of the molecule is COc1ccc(NC(=O)c2ccc(Cl)c(S(=O)(=O)Nc3ccc(C)cc3)c2)cc1. The van der Waals surface area contributed by atoms with E-state index in [9.17, 15) is 13.2 Å². The van der Waals surface area contributed by atoms with Crippen molar-refractivity contribution < 1.29 is 17.9 Å². The van der Waals surface area contributed by atoms with Crippen molar-refractivity contribution in [2.24, 2.45) is 0 Å². The van der Waals surface area contributed by atoms with Crippen LogP contribution in [0.2, 0.25) is 5.02 Å². The molecule has 0 saturated carbocycles.